The summed E-state index contributed by atoms with van der Waals surface area (Å²) in [5.74, 6) is 2.24. The van der Waals surface area contributed by atoms with E-state index in [0.717, 1.165) is 22.4 Å². The highest BCUT2D eigenvalue weighted by Crippen LogP contribution is 2.37. The average Bonchev–Trinajstić information content (AvgIpc) is 2.54. The molecule has 0 aliphatic heterocycles. The predicted octanol–water partition coefficient (Wildman–Crippen LogP) is 4.61. The Hall–Kier alpha value is -1.77. The van der Waals surface area contributed by atoms with Gasteiger partial charge in [-0.2, -0.15) is 0 Å². The SMILES string of the molecule is COc1cc(OC)c2cc(C)c(C3CCCCC3)nc2c1. The fourth-order valence-electron chi connectivity index (χ4n) is 3.41. The number of aromatic nitrogens is 1. The van der Waals surface area contributed by atoms with Crippen molar-refractivity contribution in [2.24, 2.45) is 0 Å². The molecule has 3 rings (SSSR count). The highest BCUT2D eigenvalue weighted by Gasteiger charge is 2.20. The quantitative estimate of drug-likeness (QED) is 0.825. The van der Waals surface area contributed by atoms with Crippen molar-refractivity contribution < 1.29 is 9.47 Å². The molecule has 1 aromatic carbocycles. The van der Waals surface area contributed by atoms with Gasteiger partial charge in [-0.3, -0.25) is 4.98 Å². The van der Waals surface area contributed by atoms with Crippen molar-refractivity contribution in [3.8, 4) is 11.5 Å². The molecule has 0 spiro atoms. The van der Waals surface area contributed by atoms with Crippen LogP contribution in [0.15, 0.2) is 18.2 Å². The molecular weight excluding hydrogens is 262 g/mol. The second-order valence-electron chi connectivity index (χ2n) is 5.92. The van der Waals surface area contributed by atoms with E-state index in [4.69, 9.17) is 14.5 Å². The normalized spacial score (nSPS) is 16.1. The summed E-state index contributed by atoms with van der Waals surface area (Å²) in [7, 11) is 3.37. The Bertz CT molecular complexity index is 645. The molecule has 1 aromatic heterocycles. The van der Waals surface area contributed by atoms with Gasteiger partial charge in [0, 0.05) is 29.1 Å². The zero-order valence-corrected chi connectivity index (χ0v) is 13.1. The second-order valence-corrected chi connectivity index (χ2v) is 5.92. The molecule has 0 unspecified atom stereocenters. The fourth-order valence-corrected chi connectivity index (χ4v) is 3.41. The lowest BCUT2D eigenvalue weighted by Crippen LogP contribution is -2.08. The summed E-state index contributed by atoms with van der Waals surface area (Å²) >= 11 is 0. The van der Waals surface area contributed by atoms with E-state index in [9.17, 15) is 0 Å². The summed E-state index contributed by atoms with van der Waals surface area (Å²) < 4.78 is 10.9. The van der Waals surface area contributed by atoms with Crippen LogP contribution in [0.1, 0.15) is 49.3 Å². The number of rotatable bonds is 3. The van der Waals surface area contributed by atoms with E-state index in [2.05, 4.69) is 13.0 Å². The van der Waals surface area contributed by atoms with Crippen LogP contribution in [0.5, 0.6) is 11.5 Å². The molecule has 0 saturated heterocycles. The van der Waals surface area contributed by atoms with Crippen LogP contribution in [0.4, 0.5) is 0 Å². The van der Waals surface area contributed by atoms with Crippen LogP contribution in [-0.4, -0.2) is 19.2 Å². The van der Waals surface area contributed by atoms with Crippen LogP contribution < -0.4 is 9.47 Å². The van der Waals surface area contributed by atoms with Gasteiger partial charge in [0.15, 0.2) is 0 Å². The van der Waals surface area contributed by atoms with Crippen LogP contribution in [0.3, 0.4) is 0 Å². The smallest absolute Gasteiger partial charge is 0.131 e. The van der Waals surface area contributed by atoms with E-state index in [-0.39, 0.29) is 0 Å². The van der Waals surface area contributed by atoms with Crippen molar-refractivity contribution >= 4 is 10.9 Å². The summed E-state index contributed by atoms with van der Waals surface area (Å²) in [5, 5.41) is 1.07. The second kappa shape index (κ2) is 5.92. The molecule has 1 fully saturated rings. The maximum absolute atomic E-state index is 5.49. The fraction of sp³-hybridized carbons (Fsp3) is 0.500. The number of fused-ring (bicyclic) bond motifs is 1. The number of nitrogens with zero attached hydrogens (tertiary/aromatic N) is 1. The van der Waals surface area contributed by atoms with E-state index in [0.29, 0.717) is 5.92 Å². The van der Waals surface area contributed by atoms with Gasteiger partial charge >= 0.3 is 0 Å². The molecule has 0 bridgehead atoms. The van der Waals surface area contributed by atoms with E-state index in [1.165, 1.54) is 43.4 Å². The first-order valence-electron chi connectivity index (χ1n) is 7.76. The van der Waals surface area contributed by atoms with E-state index in [1.54, 1.807) is 14.2 Å². The van der Waals surface area contributed by atoms with Gasteiger partial charge in [0.25, 0.3) is 0 Å². The largest absolute Gasteiger partial charge is 0.497 e. The third-order valence-corrected chi connectivity index (χ3v) is 4.55. The molecule has 0 amide bonds. The lowest BCUT2D eigenvalue weighted by atomic mass is 9.85. The van der Waals surface area contributed by atoms with Gasteiger partial charge in [-0.15, -0.1) is 0 Å². The summed E-state index contributed by atoms with van der Waals surface area (Å²) in [6, 6.07) is 6.14. The summed E-state index contributed by atoms with van der Waals surface area (Å²) in [5.41, 5.74) is 3.51. The maximum atomic E-state index is 5.49. The topological polar surface area (TPSA) is 31.4 Å². The van der Waals surface area contributed by atoms with Gasteiger partial charge in [-0.1, -0.05) is 19.3 Å². The molecule has 3 nitrogen and oxygen atoms in total. The first-order valence-corrected chi connectivity index (χ1v) is 7.76. The molecule has 0 radical (unpaired) electrons. The van der Waals surface area contributed by atoms with E-state index < -0.39 is 0 Å². The van der Waals surface area contributed by atoms with Gasteiger partial charge in [-0.25, -0.2) is 0 Å². The lowest BCUT2D eigenvalue weighted by molar-refractivity contribution is 0.397. The van der Waals surface area contributed by atoms with E-state index in [1.807, 2.05) is 12.1 Å². The molecule has 1 heterocycles. The minimum absolute atomic E-state index is 0.611. The van der Waals surface area contributed by atoms with Gasteiger partial charge < -0.3 is 9.47 Å². The summed E-state index contributed by atoms with van der Waals surface area (Å²) in [6.45, 7) is 2.17. The molecule has 112 valence electrons. The Morgan fingerprint density at radius 1 is 1.00 bits per heavy atom. The maximum Gasteiger partial charge on any atom is 0.131 e. The Labute approximate surface area is 126 Å². The van der Waals surface area contributed by atoms with Crippen LogP contribution in [0, 0.1) is 6.92 Å². The zero-order chi connectivity index (χ0) is 14.8. The highest BCUT2D eigenvalue weighted by atomic mass is 16.5. The molecule has 3 heteroatoms. The Morgan fingerprint density at radius 2 is 1.76 bits per heavy atom. The van der Waals surface area contributed by atoms with Crippen molar-refractivity contribution in [1.29, 1.82) is 0 Å². The predicted molar refractivity (Wildman–Crippen MR) is 85.4 cm³/mol. The standard InChI is InChI=1S/C18H23NO2/c1-12-9-15-16(10-14(20-2)11-17(15)21-3)19-18(12)13-7-5-4-6-8-13/h9-11,13H,4-8H2,1-3H3. The number of aryl methyl sites for hydroxylation is 1. The first-order chi connectivity index (χ1) is 10.2. The molecule has 1 aliphatic carbocycles. The van der Waals surface area contributed by atoms with Crippen molar-refractivity contribution in [1.82, 2.24) is 4.98 Å². The number of hydrogen-bond acceptors (Lipinski definition) is 3. The molecular formula is C18H23NO2. The van der Waals surface area contributed by atoms with Gasteiger partial charge in [0.2, 0.25) is 0 Å². The highest BCUT2D eigenvalue weighted by molar-refractivity contribution is 5.87. The van der Waals surface area contributed by atoms with Crippen LogP contribution >= 0.6 is 0 Å². The first kappa shape index (κ1) is 14.2. The van der Waals surface area contributed by atoms with Crippen LogP contribution in [-0.2, 0) is 0 Å². The monoisotopic (exact) mass is 285 g/mol. The van der Waals surface area contributed by atoms with Crippen LogP contribution in [0.2, 0.25) is 0 Å². The van der Waals surface area contributed by atoms with Crippen molar-refractivity contribution in [2.45, 2.75) is 44.9 Å². The third-order valence-electron chi connectivity index (χ3n) is 4.55. The number of ether oxygens (including phenoxy) is 2. The van der Waals surface area contributed by atoms with Crippen molar-refractivity contribution in [3.05, 3.63) is 29.5 Å². The number of methoxy groups -OCH3 is 2. The van der Waals surface area contributed by atoms with Gasteiger partial charge in [0.05, 0.1) is 19.7 Å². The van der Waals surface area contributed by atoms with Crippen molar-refractivity contribution in [3.63, 3.8) is 0 Å². The number of hydrogen-bond donors (Lipinski definition) is 0. The van der Waals surface area contributed by atoms with Gasteiger partial charge in [0.1, 0.15) is 11.5 Å². The summed E-state index contributed by atoms with van der Waals surface area (Å²) in [4.78, 5) is 4.96. The Balaban J connectivity index is 2.12. The molecule has 1 saturated carbocycles. The lowest BCUT2D eigenvalue weighted by Gasteiger charge is -2.23. The molecule has 0 N–H and O–H groups in total. The van der Waals surface area contributed by atoms with Gasteiger partial charge in [-0.05, 0) is 31.4 Å². The number of pyridine rings is 1. The Morgan fingerprint density at radius 3 is 2.43 bits per heavy atom. The molecule has 1 aliphatic rings. The van der Waals surface area contributed by atoms with E-state index >= 15 is 0 Å². The molecule has 2 aromatic rings. The Kier molecular flexibility index (Phi) is 4.00. The minimum atomic E-state index is 0.611. The molecule has 0 atom stereocenters. The van der Waals surface area contributed by atoms with Crippen molar-refractivity contribution in [2.75, 3.05) is 14.2 Å². The van der Waals surface area contributed by atoms with Crippen LogP contribution in [0.25, 0.3) is 10.9 Å². The summed E-state index contributed by atoms with van der Waals surface area (Å²) in [6.07, 6.45) is 6.54. The average molecular weight is 285 g/mol. The zero-order valence-electron chi connectivity index (χ0n) is 13.1. The number of benzene rings is 1. The molecule has 21 heavy (non-hydrogen) atoms. The third kappa shape index (κ3) is 2.69. The minimum Gasteiger partial charge on any atom is -0.497 e.